The van der Waals surface area contributed by atoms with Crippen molar-refractivity contribution in [1.82, 2.24) is 16.0 Å². The molecule has 0 unspecified atom stereocenters. The first-order chi connectivity index (χ1) is 21.6. The molecular weight excluding hydrogens is 584 g/mol. The number of nitrogens with one attached hydrogen (secondary N) is 3. The van der Waals surface area contributed by atoms with Crippen molar-refractivity contribution in [3.8, 4) is 0 Å². The molecule has 1 aliphatic heterocycles. The first-order valence-corrected chi connectivity index (χ1v) is 17.6. The number of nitrogens with zero attached hydrogens (tertiary/aromatic N) is 1. The Kier molecular flexibility index (Phi) is 12.2. The number of rotatable bonds is 11. The maximum absolute atomic E-state index is 13.9. The Balaban J connectivity index is 1.63. The van der Waals surface area contributed by atoms with E-state index in [0.717, 1.165) is 43.2 Å². The van der Waals surface area contributed by atoms with Crippen molar-refractivity contribution < 1.29 is 18.0 Å². The van der Waals surface area contributed by atoms with E-state index in [1.807, 2.05) is 12.1 Å². The molecule has 3 N–H and O–H groups in total. The van der Waals surface area contributed by atoms with Crippen LogP contribution < -0.4 is 20.3 Å². The number of hydrogen-bond donors (Lipinski definition) is 3. The largest absolute Gasteiger partial charge is 0.354 e. The number of carbonyl (C=O) groups excluding carboxylic acids is 2. The summed E-state index contributed by atoms with van der Waals surface area (Å²) in [5.41, 5.74) is 4.14. The third kappa shape index (κ3) is 9.65. The SMILES string of the molecule is CCC[C@H](NC[C@@H]1Cc2cccc(c2)CCCCc2cc(cc(N(C)S(=O)(=O)c3ccccc3)c2)C(=O)N1)C(=O)NCC(C)C. The van der Waals surface area contributed by atoms with E-state index in [0.29, 0.717) is 43.1 Å². The minimum Gasteiger partial charge on any atom is -0.354 e. The fourth-order valence-corrected chi connectivity index (χ4v) is 6.85. The van der Waals surface area contributed by atoms with Gasteiger partial charge < -0.3 is 16.0 Å². The maximum Gasteiger partial charge on any atom is 0.264 e. The van der Waals surface area contributed by atoms with Gasteiger partial charge in [-0.15, -0.1) is 0 Å². The lowest BCUT2D eigenvalue weighted by atomic mass is 9.97. The van der Waals surface area contributed by atoms with Crippen molar-refractivity contribution in [2.75, 3.05) is 24.4 Å². The monoisotopic (exact) mass is 632 g/mol. The third-order valence-corrected chi connectivity index (χ3v) is 9.98. The van der Waals surface area contributed by atoms with Crippen molar-refractivity contribution in [3.63, 3.8) is 0 Å². The van der Waals surface area contributed by atoms with Gasteiger partial charge in [-0.3, -0.25) is 13.9 Å². The van der Waals surface area contributed by atoms with Crippen LogP contribution in [0.3, 0.4) is 0 Å². The highest BCUT2D eigenvalue weighted by atomic mass is 32.2. The van der Waals surface area contributed by atoms with Gasteiger partial charge in [0.25, 0.3) is 15.9 Å². The van der Waals surface area contributed by atoms with E-state index in [-0.39, 0.29) is 28.8 Å². The van der Waals surface area contributed by atoms with E-state index in [2.05, 4.69) is 61.0 Å². The quantitative estimate of drug-likeness (QED) is 0.267. The molecule has 4 bridgehead atoms. The van der Waals surface area contributed by atoms with Crippen LogP contribution in [0.5, 0.6) is 0 Å². The topological polar surface area (TPSA) is 108 Å². The highest BCUT2D eigenvalue weighted by molar-refractivity contribution is 7.92. The van der Waals surface area contributed by atoms with Crippen LogP contribution in [-0.2, 0) is 34.1 Å². The molecule has 0 saturated heterocycles. The summed E-state index contributed by atoms with van der Waals surface area (Å²) < 4.78 is 28.2. The Labute approximate surface area is 269 Å². The lowest BCUT2D eigenvalue weighted by Gasteiger charge is -2.25. The smallest absolute Gasteiger partial charge is 0.264 e. The molecule has 8 nitrogen and oxygen atoms in total. The molecule has 242 valence electrons. The van der Waals surface area contributed by atoms with E-state index in [9.17, 15) is 18.0 Å². The van der Waals surface area contributed by atoms with Gasteiger partial charge in [0.05, 0.1) is 16.6 Å². The Bertz CT molecular complexity index is 1540. The van der Waals surface area contributed by atoms with E-state index in [4.69, 9.17) is 0 Å². The summed E-state index contributed by atoms with van der Waals surface area (Å²) >= 11 is 0. The second-order valence-corrected chi connectivity index (χ2v) is 14.4. The van der Waals surface area contributed by atoms with Gasteiger partial charge in [-0.25, -0.2) is 8.42 Å². The van der Waals surface area contributed by atoms with Gasteiger partial charge in [0, 0.05) is 31.7 Å². The van der Waals surface area contributed by atoms with Crippen LogP contribution in [0, 0.1) is 5.92 Å². The zero-order valence-electron chi connectivity index (χ0n) is 27.0. The minimum absolute atomic E-state index is 0.0280. The molecule has 0 aromatic heterocycles. The molecule has 4 rings (SSSR count). The van der Waals surface area contributed by atoms with Crippen molar-refractivity contribution in [2.45, 2.75) is 82.7 Å². The molecule has 2 atom stereocenters. The number of aryl methyl sites for hydroxylation is 2. The van der Waals surface area contributed by atoms with Crippen LogP contribution >= 0.6 is 0 Å². The van der Waals surface area contributed by atoms with E-state index in [1.54, 1.807) is 36.4 Å². The normalized spacial score (nSPS) is 16.4. The van der Waals surface area contributed by atoms with Gasteiger partial charge in [0.1, 0.15) is 0 Å². The van der Waals surface area contributed by atoms with E-state index < -0.39 is 10.0 Å². The van der Waals surface area contributed by atoms with Gasteiger partial charge in [-0.2, -0.15) is 0 Å². The Morgan fingerprint density at radius 3 is 2.38 bits per heavy atom. The first kappa shape index (κ1) is 34.2. The van der Waals surface area contributed by atoms with Crippen LogP contribution in [-0.4, -0.2) is 52.5 Å². The number of fused-ring (bicyclic) bond motifs is 4. The zero-order chi connectivity index (χ0) is 32.4. The van der Waals surface area contributed by atoms with Crippen LogP contribution in [0.25, 0.3) is 0 Å². The van der Waals surface area contributed by atoms with Crippen molar-refractivity contribution in [1.29, 1.82) is 0 Å². The molecular formula is C36H48N4O4S. The predicted molar refractivity (Wildman–Crippen MR) is 181 cm³/mol. The summed E-state index contributed by atoms with van der Waals surface area (Å²) in [5, 5.41) is 9.69. The first-order valence-electron chi connectivity index (χ1n) is 16.1. The van der Waals surface area contributed by atoms with Gasteiger partial charge in [0.2, 0.25) is 5.91 Å². The fourth-order valence-electron chi connectivity index (χ4n) is 5.65. The summed E-state index contributed by atoms with van der Waals surface area (Å²) in [5.74, 6) is 0.0458. The van der Waals surface area contributed by atoms with Crippen molar-refractivity contribution in [2.24, 2.45) is 5.92 Å². The molecule has 0 saturated carbocycles. The number of amides is 2. The average molecular weight is 633 g/mol. The second kappa shape index (κ2) is 16.0. The van der Waals surface area contributed by atoms with Crippen LogP contribution in [0.4, 0.5) is 5.69 Å². The molecule has 9 heteroatoms. The van der Waals surface area contributed by atoms with Crippen molar-refractivity contribution in [3.05, 3.63) is 95.1 Å². The molecule has 0 fully saturated rings. The minimum atomic E-state index is -3.82. The third-order valence-electron chi connectivity index (χ3n) is 8.18. The number of benzene rings is 3. The number of sulfonamides is 1. The Morgan fingerprint density at radius 2 is 1.67 bits per heavy atom. The molecule has 2 amide bonds. The summed E-state index contributed by atoms with van der Waals surface area (Å²) in [4.78, 5) is 27.0. The molecule has 45 heavy (non-hydrogen) atoms. The maximum atomic E-state index is 13.9. The van der Waals surface area contributed by atoms with Crippen LogP contribution in [0.2, 0.25) is 0 Å². The number of carbonyl (C=O) groups is 2. The lowest BCUT2D eigenvalue weighted by Crippen LogP contribution is -2.51. The van der Waals surface area contributed by atoms with Gasteiger partial charge in [0.15, 0.2) is 0 Å². The second-order valence-electron chi connectivity index (χ2n) is 12.5. The zero-order valence-corrected chi connectivity index (χ0v) is 27.8. The van der Waals surface area contributed by atoms with Crippen LogP contribution in [0.1, 0.15) is 73.5 Å². The van der Waals surface area contributed by atoms with Gasteiger partial charge in [-0.1, -0.05) is 69.7 Å². The van der Waals surface area contributed by atoms with E-state index in [1.165, 1.54) is 16.9 Å². The molecule has 1 aliphatic rings. The van der Waals surface area contributed by atoms with Crippen LogP contribution in [0.15, 0.2) is 77.7 Å². The number of hydrogen-bond acceptors (Lipinski definition) is 5. The molecule has 3 aromatic carbocycles. The summed E-state index contributed by atoms with van der Waals surface area (Å²) in [6, 6.07) is 21.5. The lowest BCUT2D eigenvalue weighted by molar-refractivity contribution is -0.123. The summed E-state index contributed by atoms with van der Waals surface area (Å²) in [7, 11) is -2.29. The summed E-state index contributed by atoms with van der Waals surface area (Å²) in [6.07, 6.45) is 5.67. The highest BCUT2D eigenvalue weighted by Crippen LogP contribution is 2.26. The van der Waals surface area contributed by atoms with Gasteiger partial charge in [-0.05, 0) is 91.5 Å². The molecule has 0 spiro atoms. The molecule has 3 aromatic rings. The van der Waals surface area contributed by atoms with E-state index >= 15 is 0 Å². The molecule has 0 aliphatic carbocycles. The predicted octanol–water partition coefficient (Wildman–Crippen LogP) is 5.26. The summed E-state index contributed by atoms with van der Waals surface area (Å²) in [6.45, 7) is 7.21. The average Bonchev–Trinajstić information content (AvgIpc) is 3.03. The molecule has 1 heterocycles. The number of anilines is 1. The van der Waals surface area contributed by atoms with Gasteiger partial charge >= 0.3 is 0 Å². The Morgan fingerprint density at radius 1 is 0.956 bits per heavy atom. The molecule has 0 radical (unpaired) electrons. The van der Waals surface area contributed by atoms with Crippen molar-refractivity contribution >= 4 is 27.5 Å². The highest BCUT2D eigenvalue weighted by Gasteiger charge is 2.25. The Hall–Kier alpha value is -3.69. The fraction of sp³-hybridized carbons (Fsp3) is 0.444. The standard InChI is InChI=1S/C36H48N4O4S/c1-5-12-34(36(42)38-24-26(2)3)37-25-31-21-28-16-11-15-27(19-28)13-9-10-14-29-20-30(35(41)39-31)23-32(22-29)40(4)45(43,44)33-17-7-6-8-18-33/h6-8,11,15-20,22-23,26,31,34,37H,5,9-10,12-14,21,24-25H2,1-4H3,(H,38,42)(H,39,41)/t31-,34-/m0/s1.